The number of fused-ring (bicyclic) bond motifs is 2. The van der Waals surface area contributed by atoms with Crippen molar-refractivity contribution >= 4 is 22.9 Å². The Kier molecular flexibility index (Phi) is 4.07. The third-order valence-electron chi connectivity index (χ3n) is 5.22. The molecule has 1 aliphatic carbocycles. The molecular formula is C26H17NO2. The first-order valence-electron chi connectivity index (χ1n) is 9.46. The SMILES string of the molecule is O=C1c2ccccc2C(=O)c2c(Nc3ccc(-c4ccccc4)cc3)cccc21. The summed E-state index contributed by atoms with van der Waals surface area (Å²) in [6.07, 6.45) is 0. The molecule has 5 rings (SSSR count). The number of hydrogen-bond acceptors (Lipinski definition) is 3. The molecule has 0 fully saturated rings. The molecule has 0 unspecified atom stereocenters. The van der Waals surface area contributed by atoms with E-state index in [0.29, 0.717) is 27.9 Å². The maximum Gasteiger partial charge on any atom is 0.196 e. The first-order chi connectivity index (χ1) is 14.2. The lowest BCUT2D eigenvalue weighted by molar-refractivity contribution is 0.0979. The predicted molar refractivity (Wildman–Crippen MR) is 115 cm³/mol. The molecule has 29 heavy (non-hydrogen) atoms. The minimum absolute atomic E-state index is 0.113. The zero-order valence-corrected chi connectivity index (χ0v) is 15.6. The maximum absolute atomic E-state index is 13.1. The molecule has 0 atom stereocenters. The highest BCUT2D eigenvalue weighted by atomic mass is 16.1. The molecule has 4 aromatic carbocycles. The largest absolute Gasteiger partial charge is 0.355 e. The van der Waals surface area contributed by atoms with Crippen molar-refractivity contribution in [2.75, 3.05) is 5.32 Å². The highest BCUT2D eigenvalue weighted by Gasteiger charge is 2.31. The van der Waals surface area contributed by atoms with Crippen LogP contribution in [0.3, 0.4) is 0 Å². The predicted octanol–water partition coefficient (Wildman–Crippen LogP) is 5.87. The van der Waals surface area contributed by atoms with Crippen molar-refractivity contribution in [1.82, 2.24) is 0 Å². The number of nitrogens with one attached hydrogen (secondary N) is 1. The average molecular weight is 375 g/mol. The Labute approximate surface area is 168 Å². The lowest BCUT2D eigenvalue weighted by Gasteiger charge is -2.20. The van der Waals surface area contributed by atoms with Crippen LogP contribution in [0.1, 0.15) is 31.8 Å². The normalized spacial score (nSPS) is 12.3. The van der Waals surface area contributed by atoms with Crippen molar-refractivity contribution in [1.29, 1.82) is 0 Å². The van der Waals surface area contributed by atoms with Crippen molar-refractivity contribution in [2.24, 2.45) is 0 Å². The maximum atomic E-state index is 13.1. The fraction of sp³-hybridized carbons (Fsp3) is 0. The summed E-state index contributed by atoms with van der Waals surface area (Å²) in [6.45, 7) is 0. The molecule has 0 saturated heterocycles. The molecule has 0 spiro atoms. The Balaban J connectivity index is 1.51. The molecule has 0 bridgehead atoms. The molecule has 0 heterocycles. The van der Waals surface area contributed by atoms with E-state index in [9.17, 15) is 9.59 Å². The van der Waals surface area contributed by atoms with E-state index < -0.39 is 0 Å². The van der Waals surface area contributed by atoms with E-state index in [1.807, 2.05) is 48.5 Å². The fourth-order valence-corrected chi connectivity index (χ4v) is 3.78. The topological polar surface area (TPSA) is 46.2 Å². The number of rotatable bonds is 3. The number of ketones is 2. The molecule has 0 aromatic heterocycles. The lowest BCUT2D eigenvalue weighted by Crippen LogP contribution is -2.22. The van der Waals surface area contributed by atoms with Crippen LogP contribution in [0.5, 0.6) is 0 Å². The second-order valence-electron chi connectivity index (χ2n) is 7.00. The zero-order chi connectivity index (χ0) is 19.8. The van der Waals surface area contributed by atoms with Crippen LogP contribution >= 0.6 is 0 Å². The van der Waals surface area contributed by atoms with Crippen molar-refractivity contribution in [2.45, 2.75) is 0 Å². The molecule has 0 amide bonds. The standard InChI is InChI=1S/C26H17NO2/c28-25-20-9-4-5-10-21(20)26(29)24-22(25)11-6-12-23(24)27-19-15-13-18(14-16-19)17-7-2-1-3-8-17/h1-16,27H. The van der Waals surface area contributed by atoms with Crippen molar-refractivity contribution in [3.8, 4) is 11.1 Å². The van der Waals surface area contributed by atoms with Crippen molar-refractivity contribution < 1.29 is 9.59 Å². The first kappa shape index (κ1) is 17.1. The second kappa shape index (κ2) is 6.88. The summed E-state index contributed by atoms with van der Waals surface area (Å²) in [6, 6.07) is 30.5. The van der Waals surface area contributed by atoms with E-state index in [1.54, 1.807) is 36.4 Å². The Morgan fingerprint density at radius 1 is 0.483 bits per heavy atom. The number of carbonyl (C=O) groups excluding carboxylic acids is 2. The van der Waals surface area contributed by atoms with Gasteiger partial charge >= 0.3 is 0 Å². The second-order valence-corrected chi connectivity index (χ2v) is 7.00. The molecule has 0 saturated carbocycles. The van der Waals surface area contributed by atoms with Crippen LogP contribution in [-0.2, 0) is 0 Å². The van der Waals surface area contributed by atoms with Crippen molar-refractivity contribution in [3.05, 3.63) is 119 Å². The van der Waals surface area contributed by atoms with Gasteiger partial charge in [0.15, 0.2) is 11.6 Å². The zero-order valence-electron chi connectivity index (χ0n) is 15.6. The number of carbonyl (C=O) groups is 2. The van der Waals surface area contributed by atoms with Gasteiger partial charge in [-0.25, -0.2) is 0 Å². The van der Waals surface area contributed by atoms with Gasteiger partial charge < -0.3 is 5.32 Å². The molecule has 0 radical (unpaired) electrons. The van der Waals surface area contributed by atoms with Gasteiger partial charge in [-0.05, 0) is 29.3 Å². The molecule has 1 aliphatic rings. The van der Waals surface area contributed by atoms with Crippen LogP contribution in [0.2, 0.25) is 0 Å². The van der Waals surface area contributed by atoms with E-state index >= 15 is 0 Å². The van der Waals surface area contributed by atoms with Crippen LogP contribution < -0.4 is 5.32 Å². The lowest BCUT2D eigenvalue weighted by atomic mass is 9.83. The summed E-state index contributed by atoms with van der Waals surface area (Å²) in [4.78, 5) is 26.0. The summed E-state index contributed by atoms with van der Waals surface area (Å²) in [5, 5.41) is 3.32. The van der Waals surface area contributed by atoms with E-state index in [2.05, 4.69) is 17.4 Å². The van der Waals surface area contributed by atoms with Crippen LogP contribution in [-0.4, -0.2) is 11.6 Å². The number of hydrogen-bond donors (Lipinski definition) is 1. The summed E-state index contributed by atoms with van der Waals surface area (Å²) in [5.74, 6) is -0.238. The molecule has 4 aromatic rings. The smallest absolute Gasteiger partial charge is 0.196 e. The highest BCUT2D eigenvalue weighted by molar-refractivity contribution is 6.30. The Morgan fingerprint density at radius 3 is 1.79 bits per heavy atom. The average Bonchev–Trinajstić information content (AvgIpc) is 2.78. The van der Waals surface area contributed by atoms with Gasteiger partial charge in [0, 0.05) is 22.4 Å². The monoisotopic (exact) mass is 375 g/mol. The Hall–Kier alpha value is -3.98. The highest BCUT2D eigenvalue weighted by Crippen LogP contribution is 2.33. The van der Waals surface area contributed by atoms with E-state index in [1.165, 1.54) is 0 Å². The van der Waals surface area contributed by atoms with Gasteiger partial charge in [-0.3, -0.25) is 9.59 Å². The minimum Gasteiger partial charge on any atom is -0.355 e. The quantitative estimate of drug-likeness (QED) is 0.429. The molecule has 0 aliphatic heterocycles. The molecule has 1 N–H and O–H groups in total. The summed E-state index contributed by atoms with van der Waals surface area (Å²) < 4.78 is 0. The summed E-state index contributed by atoms with van der Waals surface area (Å²) >= 11 is 0. The van der Waals surface area contributed by atoms with Gasteiger partial charge in [0.1, 0.15) is 0 Å². The molecule has 3 nitrogen and oxygen atoms in total. The van der Waals surface area contributed by atoms with Gasteiger partial charge in [0.05, 0.1) is 11.3 Å². The number of anilines is 2. The van der Waals surface area contributed by atoms with E-state index in [4.69, 9.17) is 0 Å². The van der Waals surface area contributed by atoms with Crippen LogP contribution in [0.25, 0.3) is 11.1 Å². The molecular weight excluding hydrogens is 358 g/mol. The van der Waals surface area contributed by atoms with Gasteiger partial charge in [0.25, 0.3) is 0 Å². The fourth-order valence-electron chi connectivity index (χ4n) is 3.78. The van der Waals surface area contributed by atoms with Gasteiger partial charge in [-0.1, -0.05) is 78.9 Å². The van der Waals surface area contributed by atoms with Crippen molar-refractivity contribution in [3.63, 3.8) is 0 Å². The number of benzene rings is 4. The van der Waals surface area contributed by atoms with E-state index in [0.717, 1.165) is 16.8 Å². The first-order valence-corrected chi connectivity index (χ1v) is 9.46. The van der Waals surface area contributed by atoms with Crippen LogP contribution in [0, 0.1) is 0 Å². The van der Waals surface area contributed by atoms with Gasteiger partial charge in [-0.2, -0.15) is 0 Å². The molecule has 138 valence electrons. The van der Waals surface area contributed by atoms with Gasteiger partial charge in [-0.15, -0.1) is 0 Å². The van der Waals surface area contributed by atoms with Gasteiger partial charge in [0.2, 0.25) is 0 Å². The summed E-state index contributed by atoms with van der Waals surface area (Å²) in [5.41, 5.74) is 5.57. The van der Waals surface area contributed by atoms with Crippen LogP contribution in [0.4, 0.5) is 11.4 Å². The third-order valence-corrected chi connectivity index (χ3v) is 5.22. The molecule has 3 heteroatoms. The van der Waals surface area contributed by atoms with E-state index in [-0.39, 0.29) is 11.6 Å². The van der Waals surface area contributed by atoms with Crippen LogP contribution in [0.15, 0.2) is 97.1 Å². The Bertz CT molecular complexity index is 1240. The Morgan fingerprint density at radius 2 is 1.07 bits per heavy atom. The third kappa shape index (κ3) is 2.93. The summed E-state index contributed by atoms with van der Waals surface area (Å²) in [7, 11) is 0. The minimum atomic E-state index is -0.126.